The maximum Gasteiger partial charge on any atom is 0.118 e. The predicted molar refractivity (Wildman–Crippen MR) is 68.9 cm³/mol. The summed E-state index contributed by atoms with van der Waals surface area (Å²) in [5.74, 6) is 1.61. The largest absolute Gasteiger partial charge is 0.497 e. The number of hydrogen-bond donors (Lipinski definition) is 1. The van der Waals surface area contributed by atoms with Gasteiger partial charge in [0.2, 0.25) is 0 Å². The SMILES string of the molecule is CCC(CC)C(NC)c1ccc(OC)cc1. The average Bonchev–Trinajstić information content (AvgIpc) is 2.36. The van der Waals surface area contributed by atoms with Gasteiger partial charge in [0.25, 0.3) is 0 Å². The van der Waals surface area contributed by atoms with Gasteiger partial charge in [-0.15, -0.1) is 0 Å². The quantitative estimate of drug-likeness (QED) is 0.795. The van der Waals surface area contributed by atoms with Crippen LogP contribution in [0.5, 0.6) is 5.75 Å². The summed E-state index contributed by atoms with van der Waals surface area (Å²) in [4.78, 5) is 0. The molecule has 0 aromatic heterocycles. The van der Waals surface area contributed by atoms with Gasteiger partial charge in [0.1, 0.15) is 5.75 Å². The fourth-order valence-corrected chi connectivity index (χ4v) is 2.25. The first-order chi connectivity index (χ1) is 7.76. The number of ether oxygens (including phenoxy) is 1. The highest BCUT2D eigenvalue weighted by atomic mass is 16.5. The zero-order valence-corrected chi connectivity index (χ0v) is 10.8. The van der Waals surface area contributed by atoms with Crippen molar-refractivity contribution in [3.63, 3.8) is 0 Å². The molecule has 0 saturated carbocycles. The minimum Gasteiger partial charge on any atom is -0.497 e. The molecule has 0 amide bonds. The summed E-state index contributed by atoms with van der Waals surface area (Å²) in [5, 5.41) is 3.42. The van der Waals surface area contributed by atoms with E-state index in [1.54, 1.807) is 7.11 Å². The molecule has 0 saturated heterocycles. The molecule has 2 nitrogen and oxygen atoms in total. The van der Waals surface area contributed by atoms with Crippen molar-refractivity contribution >= 4 is 0 Å². The standard InChI is InChI=1S/C14H23NO/c1-5-11(6-2)14(15-3)12-7-9-13(16-4)10-8-12/h7-11,14-15H,5-6H2,1-4H3. The summed E-state index contributed by atoms with van der Waals surface area (Å²) in [5.41, 5.74) is 1.34. The zero-order valence-electron chi connectivity index (χ0n) is 10.8. The van der Waals surface area contributed by atoms with E-state index in [0.717, 1.165) is 5.75 Å². The van der Waals surface area contributed by atoms with E-state index in [-0.39, 0.29) is 0 Å². The summed E-state index contributed by atoms with van der Waals surface area (Å²) in [6.45, 7) is 4.50. The lowest BCUT2D eigenvalue weighted by molar-refractivity contribution is 0.359. The van der Waals surface area contributed by atoms with Crippen LogP contribution in [0.15, 0.2) is 24.3 Å². The van der Waals surface area contributed by atoms with E-state index in [9.17, 15) is 0 Å². The van der Waals surface area contributed by atoms with Crippen molar-refractivity contribution in [2.75, 3.05) is 14.2 Å². The van der Waals surface area contributed by atoms with E-state index >= 15 is 0 Å². The minimum absolute atomic E-state index is 0.445. The normalized spacial score (nSPS) is 12.8. The van der Waals surface area contributed by atoms with Gasteiger partial charge in [-0.3, -0.25) is 0 Å². The smallest absolute Gasteiger partial charge is 0.118 e. The molecule has 0 radical (unpaired) electrons. The van der Waals surface area contributed by atoms with Gasteiger partial charge in [-0.1, -0.05) is 38.8 Å². The van der Waals surface area contributed by atoms with Gasteiger partial charge in [-0.25, -0.2) is 0 Å². The van der Waals surface area contributed by atoms with Crippen LogP contribution in [0.3, 0.4) is 0 Å². The lowest BCUT2D eigenvalue weighted by atomic mass is 9.89. The Labute approximate surface area is 99.0 Å². The molecule has 1 atom stereocenters. The molecular formula is C14H23NO. The van der Waals surface area contributed by atoms with Crippen LogP contribution < -0.4 is 10.1 Å². The number of hydrogen-bond acceptors (Lipinski definition) is 2. The summed E-state index contributed by atoms with van der Waals surface area (Å²) in [6.07, 6.45) is 2.40. The molecule has 16 heavy (non-hydrogen) atoms. The second-order valence-electron chi connectivity index (χ2n) is 4.12. The monoisotopic (exact) mass is 221 g/mol. The first kappa shape index (κ1) is 13.0. The first-order valence-electron chi connectivity index (χ1n) is 6.08. The third-order valence-electron chi connectivity index (χ3n) is 3.31. The second kappa shape index (κ2) is 6.54. The summed E-state index contributed by atoms with van der Waals surface area (Å²) in [6, 6.07) is 8.81. The van der Waals surface area contributed by atoms with Crippen molar-refractivity contribution in [2.24, 2.45) is 5.92 Å². The van der Waals surface area contributed by atoms with Crippen LogP contribution in [-0.2, 0) is 0 Å². The highest BCUT2D eigenvalue weighted by Gasteiger charge is 2.18. The van der Waals surface area contributed by atoms with Gasteiger partial charge in [-0.05, 0) is 30.7 Å². The van der Waals surface area contributed by atoms with Gasteiger partial charge in [0, 0.05) is 6.04 Å². The molecule has 1 aromatic rings. The van der Waals surface area contributed by atoms with E-state index in [1.807, 2.05) is 19.2 Å². The van der Waals surface area contributed by atoms with E-state index in [2.05, 4.69) is 31.3 Å². The number of rotatable bonds is 6. The van der Waals surface area contributed by atoms with E-state index in [0.29, 0.717) is 12.0 Å². The zero-order chi connectivity index (χ0) is 12.0. The molecule has 0 heterocycles. The van der Waals surface area contributed by atoms with Crippen LogP contribution in [0.25, 0.3) is 0 Å². The van der Waals surface area contributed by atoms with E-state index < -0.39 is 0 Å². The molecule has 1 aromatic carbocycles. The maximum absolute atomic E-state index is 5.18. The molecule has 1 N–H and O–H groups in total. The molecule has 90 valence electrons. The summed E-state index contributed by atoms with van der Waals surface area (Å²) < 4.78 is 5.18. The predicted octanol–water partition coefficient (Wildman–Crippen LogP) is 3.39. The van der Waals surface area contributed by atoms with Crippen molar-refractivity contribution in [3.8, 4) is 5.75 Å². The molecule has 0 spiro atoms. The Bertz CT molecular complexity index is 290. The molecule has 1 unspecified atom stereocenters. The molecular weight excluding hydrogens is 198 g/mol. The molecule has 0 aliphatic rings. The van der Waals surface area contributed by atoms with Crippen molar-refractivity contribution in [3.05, 3.63) is 29.8 Å². The van der Waals surface area contributed by atoms with Gasteiger partial charge < -0.3 is 10.1 Å². The molecule has 2 heteroatoms. The van der Waals surface area contributed by atoms with Crippen LogP contribution in [0, 0.1) is 5.92 Å². The van der Waals surface area contributed by atoms with Crippen molar-refractivity contribution in [2.45, 2.75) is 32.7 Å². The molecule has 1 rings (SSSR count). The van der Waals surface area contributed by atoms with Gasteiger partial charge in [0.05, 0.1) is 7.11 Å². The third kappa shape index (κ3) is 2.99. The van der Waals surface area contributed by atoms with Crippen molar-refractivity contribution in [1.82, 2.24) is 5.32 Å². The van der Waals surface area contributed by atoms with Crippen LogP contribution in [0.2, 0.25) is 0 Å². The topological polar surface area (TPSA) is 21.3 Å². The Kier molecular flexibility index (Phi) is 5.33. The molecule has 0 fully saturated rings. The first-order valence-corrected chi connectivity index (χ1v) is 6.08. The Balaban J connectivity index is 2.85. The summed E-state index contributed by atoms with van der Waals surface area (Å²) >= 11 is 0. The van der Waals surface area contributed by atoms with E-state index in [4.69, 9.17) is 4.74 Å². The van der Waals surface area contributed by atoms with Crippen molar-refractivity contribution < 1.29 is 4.74 Å². The highest BCUT2D eigenvalue weighted by molar-refractivity contribution is 5.29. The Morgan fingerprint density at radius 3 is 2.06 bits per heavy atom. The van der Waals surface area contributed by atoms with E-state index in [1.165, 1.54) is 18.4 Å². The molecule has 0 aliphatic carbocycles. The Hall–Kier alpha value is -1.02. The molecule has 0 bridgehead atoms. The van der Waals surface area contributed by atoms with Gasteiger partial charge in [0.15, 0.2) is 0 Å². The number of nitrogens with one attached hydrogen (secondary N) is 1. The Morgan fingerprint density at radius 1 is 1.12 bits per heavy atom. The number of methoxy groups -OCH3 is 1. The number of benzene rings is 1. The second-order valence-corrected chi connectivity index (χ2v) is 4.12. The average molecular weight is 221 g/mol. The van der Waals surface area contributed by atoms with Gasteiger partial charge >= 0.3 is 0 Å². The fraction of sp³-hybridized carbons (Fsp3) is 0.571. The lowest BCUT2D eigenvalue weighted by Crippen LogP contribution is -2.24. The lowest BCUT2D eigenvalue weighted by Gasteiger charge is -2.25. The summed E-state index contributed by atoms with van der Waals surface area (Å²) in [7, 11) is 3.73. The van der Waals surface area contributed by atoms with Gasteiger partial charge in [-0.2, -0.15) is 0 Å². The van der Waals surface area contributed by atoms with Crippen LogP contribution in [0.1, 0.15) is 38.3 Å². The highest BCUT2D eigenvalue weighted by Crippen LogP contribution is 2.28. The Morgan fingerprint density at radius 2 is 1.69 bits per heavy atom. The molecule has 0 aliphatic heterocycles. The maximum atomic E-state index is 5.18. The van der Waals surface area contributed by atoms with Crippen LogP contribution >= 0.6 is 0 Å². The van der Waals surface area contributed by atoms with Crippen LogP contribution in [-0.4, -0.2) is 14.2 Å². The van der Waals surface area contributed by atoms with Crippen molar-refractivity contribution in [1.29, 1.82) is 0 Å². The minimum atomic E-state index is 0.445. The van der Waals surface area contributed by atoms with Crippen LogP contribution in [0.4, 0.5) is 0 Å². The fourth-order valence-electron chi connectivity index (χ4n) is 2.25. The third-order valence-corrected chi connectivity index (χ3v) is 3.31.